The van der Waals surface area contributed by atoms with Gasteiger partial charge in [-0.25, -0.2) is 14.8 Å². The minimum absolute atomic E-state index is 0.178. The van der Waals surface area contributed by atoms with Crippen LogP contribution in [0.4, 0.5) is 16.4 Å². The van der Waals surface area contributed by atoms with Crippen LogP contribution in [0.1, 0.15) is 11.3 Å². The number of nitrogens with two attached hydrogens (primary N) is 2. The summed E-state index contributed by atoms with van der Waals surface area (Å²) in [6.07, 6.45) is 4.40. The summed E-state index contributed by atoms with van der Waals surface area (Å²) in [5, 5.41) is 2.60. The number of carbonyl (C=O) groups is 1. The summed E-state index contributed by atoms with van der Waals surface area (Å²) in [6, 6.07) is 9.45. The molecule has 0 aliphatic rings. The van der Waals surface area contributed by atoms with Gasteiger partial charge in [-0.2, -0.15) is 0 Å². The maximum absolute atomic E-state index is 11.5. The van der Waals surface area contributed by atoms with Gasteiger partial charge in [0.2, 0.25) is 0 Å². The minimum Gasteiger partial charge on any atom is -0.445 e. The second kappa shape index (κ2) is 7.63. The number of hydrogen-bond acceptors (Lipinski definition) is 6. The number of nitrogens with zero attached hydrogens (tertiary/aromatic N) is 2. The van der Waals surface area contributed by atoms with Crippen LogP contribution >= 0.6 is 0 Å². The molecule has 5 N–H and O–H groups in total. The first kappa shape index (κ1) is 15.3. The first-order valence-corrected chi connectivity index (χ1v) is 6.64. The van der Waals surface area contributed by atoms with Crippen LogP contribution in [0.25, 0.3) is 6.08 Å². The van der Waals surface area contributed by atoms with Gasteiger partial charge in [0.05, 0.1) is 11.9 Å². The van der Waals surface area contributed by atoms with Gasteiger partial charge < -0.3 is 21.5 Å². The molecule has 0 aliphatic heterocycles. The van der Waals surface area contributed by atoms with Crippen molar-refractivity contribution in [2.75, 3.05) is 18.0 Å². The number of ether oxygens (including phenoxy) is 1. The highest BCUT2D eigenvalue weighted by atomic mass is 16.5. The van der Waals surface area contributed by atoms with Gasteiger partial charge in [0.15, 0.2) is 11.6 Å². The van der Waals surface area contributed by atoms with E-state index in [1.807, 2.05) is 30.3 Å². The molecule has 1 aromatic heterocycles. The van der Waals surface area contributed by atoms with Crippen molar-refractivity contribution in [1.82, 2.24) is 15.3 Å². The molecular formula is C15H17N5O2. The zero-order chi connectivity index (χ0) is 15.8. The van der Waals surface area contributed by atoms with Crippen molar-refractivity contribution in [1.29, 1.82) is 0 Å². The standard InChI is InChI=1S/C15H17N5O2/c16-13-14(17)20-12(9-19-13)7-4-8-18-15(21)22-10-11-5-2-1-3-6-11/h1-7,9H,8,10H2,(H2,16,19)(H2,17,20)(H,18,21). The van der Waals surface area contributed by atoms with Gasteiger partial charge in [-0.3, -0.25) is 0 Å². The highest BCUT2D eigenvalue weighted by Gasteiger charge is 2.01. The van der Waals surface area contributed by atoms with E-state index in [1.54, 1.807) is 12.2 Å². The Kier molecular flexibility index (Phi) is 5.31. The monoisotopic (exact) mass is 299 g/mol. The summed E-state index contributed by atoms with van der Waals surface area (Å²) < 4.78 is 5.07. The van der Waals surface area contributed by atoms with Gasteiger partial charge in [0, 0.05) is 6.54 Å². The van der Waals surface area contributed by atoms with Crippen LogP contribution in [0, 0.1) is 0 Å². The summed E-state index contributed by atoms with van der Waals surface area (Å²) >= 11 is 0. The van der Waals surface area contributed by atoms with Crippen LogP contribution in [0.3, 0.4) is 0 Å². The Bertz CT molecular complexity index is 658. The minimum atomic E-state index is -0.489. The van der Waals surface area contributed by atoms with Crippen molar-refractivity contribution in [3.8, 4) is 0 Å². The highest BCUT2D eigenvalue weighted by Crippen LogP contribution is 2.07. The van der Waals surface area contributed by atoms with Gasteiger partial charge in [-0.1, -0.05) is 36.4 Å². The number of alkyl carbamates (subject to hydrolysis) is 1. The maximum atomic E-state index is 11.5. The summed E-state index contributed by atoms with van der Waals surface area (Å²) in [6.45, 7) is 0.538. The van der Waals surface area contributed by atoms with Crippen molar-refractivity contribution in [2.45, 2.75) is 6.61 Å². The Morgan fingerprint density at radius 1 is 1.23 bits per heavy atom. The third-order valence-corrected chi connectivity index (χ3v) is 2.71. The summed E-state index contributed by atoms with van der Waals surface area (Å²) in [7, 11) is 0. The lowest BCUT2D eigenvalue weighted by atomic mass is 10.2. The molecule has 1 aromatic carbocycles. The van der Waals surface area contributed by atoms with E-state index < -0.39 is 6.09 Å². The number of anilines is 2. The smallest absolute Gasteiger partial charge is 0.407 e. The van der Waals surface area contributed by atoms with Crippen molar-refractivity contribution in [3.05, 3.63) is 53.9 Å². The van der Waals surface area contributed by atoms with Gasteiger partial charge in [0.1, 0.15) is 6.61 Å². The molecule has 0 spiro atoms. The molecule has 114 valence electrons. The first-order chi connectivity index (χ1) is 10.6. The third-order valence-electron chi connectivity index (χ3n) is 2.71. The van der Waals surface area contributed by atoms with Crippen molar-refractivity contribution < 1.29 is 9.53 Å². The predicted octanol–water partition coefficient (Wildman–Crippen LogP) is 1.58. The highest BCUT2D eigenvalue weighted by molar-refractivity contribution is 5.67. The van der Waals surface area contributed by atoms with Crippen LogP contribution in [0.15, 0.2) is 42.6 Å². The zero-order valence-corrected chi connectivity index (χ0v) is 11.9. The second-order valence-electron chi connectivity index (χ2n) is 4.41. The van der Waals surface area contributed by atoms with E-state index in [-0.39, 0.29) is 18.2 Å². The Balaban J connectivity index is 1.72. The normalized spacial score (nSPS) is 10.5. The molecule has 1 heterocycles. The van der Waals surface area contributed by atoms with E-state index in [0.29, 0.717) is 12.2 Å². The SMILES string of the molecule is Nc1ncc(C=CCNC(=O)OCc2ccccc2)nc1N. The summed E-state index contributed by atoms with van der Waals surface area (Å²) in [5.41, 5.74) is 12.5. The van der Waals surface area contributed by atoms with Crippen molar-refractivity contribution in [3.63, 3.8) is 0 Å². The molecule has 22 heavy (non-hydrogen) atoms. The largest absolute Gasteiger partial charge is 0.445 e. The quantitative estimate of drug-likeness (QED) is 0.772. The fraction of sp³-hybridized carbons (Fsp3) is 0.133. The number of nitrogen functional groups attached to an aromatic ring is 2. The molecule has 1 amide bonds. The fourth-order valence-corrected chi connectivity index (χ4v) is 1.60. The van der Waals surface area contributed by atoms with Crippen LogP contribution in [0.5, 0.6) is 0 Å². The molecule has 0 unspecified atom stereocenters. The average Bonchev–Trinajstić information content (AvgIpc) is 2.54. The van der Waals surface area contributed by atoms with Crippen molar-refractivity contribution >= 4 is 23.8 Å². The second-order valence-corrected chi connectivity index (χ2v) is 4.41. The Labute approximate surface area is 128 Å². The number of benzene rings is 1. The van der Waals surface area contributed by atoms with Gasteiger partial charge in [-0.15, -0.1) is 0 Å². The van der Waals surface area contributed by atoms with Crippen LogP contribution in [0.2, 0.25) is 0 Å². The average molecular weight is 299 g/mol. The Hall–Kier alpha value is -3.09. The molecule has 0 fully saturated rings. The number of nitrogens with one attached hydrogen (secondary N) is 1. The fourth-order valence-electron chi connectivity index (χ4n) is 1.60. The number of aromatic nitrogens is 2. The molecular weight excluding hydrogens is 282 g/mol. The number of rotatable bonds is 5. The van der Waals surface area contributed by atoms with Crippen LogP contribution < -0.4 is 16.8 Å². The van der Waals surface area contributed by atoms with Crippen LogP contribution in [-0.4, -0.2) is 22.6 Å². The topological polar surface area (TPSA) is 116 Å². The molecule has 7 nitrogen and oxygen atoms in total. The van der Waals surface area contributed by atoms with Gasteiger partial charge >= 0.3 is 6.09 Å². The summed E-state index contributed by atoms with van der Waals surface area (Å²) in [5.74, 6) is 0.372. The number of carbonyl (C=O) groups excluding carboxylic acids is 1. The lowest BCUT2D eigenvalue weighted by Crippen LogP contribution is -2.24. The van der Waals surface area contributed by atoms with Gasteiger partial charge in [-0.05, 0) is 11.6 Å². The lowest BCUT2D eigenvalue weighted by Gasteiger charge is -2.05. The predicted molar refractivity (Wildman–Crippen MR) is 84.5 cm³/mol. The molecule has 0 saturated heterocycles. The van der Waals surface area contributed by atoms with E-state index in [4.69, 9.17) is 16.2 Å². The van der Waals surface area contributed by atoms with E-state index in [1.165, 1.54) is 6.20 Å². The molecule has 7 heteroatoms. The van der Waals surface area contributed by atoms with E-state index in [0.717, 1.165) is 5.56 Å². The Morgan fingerprint density at radius 2 is 2.00 bits per heavy atom. The summed E-state index contributed by atoms with van der Waals surface area (Å²) in [4.78, 5) is 19.4. The zero-order valence-electron chi connectivity index (χ0n) is 11.9. The lowest BCUT2D eigenvalue weighted by molar-refractivity contribution is 0.141. The van der Waals surface area contributed by atoms with Crippen molar-refractivity contribution in [2.24, 2.45) is 0 Å². The van der Waals surface area contributed by atoms with E-state index in [2.05, 4.69) is 15.3 Å². The molecule has 0 atom stereocenters. The molecule has 0 aliphatic carbocycles. The molecule has 0 radical (unpaired) electrons. The maximum Gasteiger partial charge on any atom is 0.407 e. The van der Waals surface area contributed by atoms with E-state index >= 15 is 0 Å². The first-order valence-electron chi connectivity index (χ1n) is 6.64. The van der Waals surface area contributed by atoms with Crippen LogP contribution in [-0.2, 0) is 11.3 Å². The molecule has 2 aromatic rings. The van der Waals surface area contributed by atoms with Gasteiger partial charge in [0.25, 0.3) is 0 Å². The number of hydrogen-bond donors (Lipinski definition) is 3. The molecule has 2 rings (SSSR count). The molecule has 0 saturated carbocycles. The Morgan fingerprint density at radius 3 is 2.73 bits per heavy atom. The third kappa shape index (κ3) is 4.78. The molecule has 0 bridgehead atoms. The van der Waals surface area contributed by atoms with E-state index in [9.17, 15) is 4.79 Å². The number of amides is 1.